The topological polar surface area (TPSA) is 71.9 Å². The van der Waals surface area contributed by atoms with Gasteiger partial charge >= 0.3 is 5.63 Å². The second-order valence-corrected chi connectivity index (χ2v) is 8.74. The van der Waals surface area contributed by atoms with Gasteiger partial charge in [-0.1, -0.05) is 23.7 Å². The molecule has 0 saturated carbocycles. The van der Waals surface area contributed by atoms with Gasteiger partial charge in [0, 0.05) is 62.3 Å². The van der Waals surface area contributed by atoms with Crippen LogP contribution in [0.15, 0.2) is 51.7 Å². The second-order valence-electron chi connectivity index (χ2n) is 8.30. The number of ether oxygens (including phenoxy) is 1. The van der Waals surface area contributed by atoms with Gasteiger partial charge in [0.2, 0.25) is 0 Å². The van der Waals surface area contributed by atoms with Crippen molar-refractivity contribution in [2.45, 2.75) is 26.4 Å². The molecule has 0 spiro atoms. The quantitative estimate of drug-likeness (QED) is 0.411. The zero-order chi connectivity index (χ0) is 22.5. The number of nitrogens with two attached hydrogens (primary N) is 1. The molecule has 2 aromatic carbocycles. The average molecular weight is 456 g/mol. The summed E-state index contributed by atoms with van der Waals surface area (Å²) in [5.41, 5.74) is 8.54. The molecule has 0 radical (unpaired) electrons. The Morgan fingerprint density at radius 2 is 1.78 bits per heavy atom. The van der Waals surface area contributed by atoms with Gasteiger partial charge in [0.15, 0.2) is 0 Å². The summed E-state index contributed by atoms with van der Waals surface area (Å²) in [6.45, 7) is 8.95. The summed E-state index contributed by atoms with van der Waals surface area (Å²) < 4.78 is 11.3. The van der Waals surface area contributed by atoms with E-state index in [4.69, 9.17) is 26.5 Å². The third kappa shape index (κ3) is 5.51. The zero-order valence-corrected chi connectivity index (χ0v) is 19.2. The molecule has 32 heavy (non-hydrogen) atoms. The Kier molecular flexibility index (Phi) is 7.48. The van der Waals surface area contributed by atoms with Crippen LogP contribution in [0.1, 0.15) is 23.1 Å². The molecule has 0 unspecified atom stereocenters. The van der Waals surface area contributed by atoms with Crippen molar-refractivity contribution in [3.05, 3.63) is 74.6 Å². The standard InChI is InChI=1S/C25H30ClN3O3/c1-18-22-8-7-21(15-24(22)32-25(30)23(18)16-27)31-14-2-9-28-10-12-29(13-11-28)17-19-3-5-20(26)6-4-19/h3-8,15H,2,9-14,16-17,27H2,1H3. The molecule has 1 aromatic heterocycles. The maximum absolute atomic E-state index is 12.1. The van der Waals surface area contributed by atoms with E-state index >= 15 is 0 Å². The van der Waals surface area contributed by atoms with Gasteiger partial charge in [0.05, 0.1) is 12.2 Å². The van der Waals surface area contributed by atoms with E-state index in [1.54, 1.807) is 6.07 Å². The predicted octanol–water partition coefficient (Wildman–Crippen LogP) is 3.80. The summed E-state index contributed by atoms with van der Waals surface area (Å²) in [5.74, 6) is 0.716. The van der Waals surface area contributed by atoms with E-state index in [1.807, 2.05) is 31.2 Å². The number of halogens is 1. The highest BCUT2D eigenvalue weighted by Crippen LogP contribution is 2.24. The monoisotopic (exact) mass is 455 g/mol. The smallest absolute Gasteiger partial charge is 0.341 e. The molecule has 0 aliphatic carbocycles. The molecule has 6 nitrogen and oxygen atoms in total. The molecule has 3 aromatic rings. The number of piperazine rings is 1. The molecule has 170 valence electrons. The Bertz CT molecular complexity index is 1110. The Morgan fingerprint density at radius 1 is 1.06 bits per heavy atom. The maximum atomic E-state index is 12.1. The van der Waals surface area contributed by atoms with E-state index in [0.717, 1.165) is 61.7 Å². The molecular formula is C25H30ClN3O3. The molecule has 0 amide bonds. The van der Waals surface area contributed by atoms with Gasteiger partial charge in [0.25, 0.3) is 0 Å². The van der Waals surface area contributed by atoms with Crippen molar-refractivity contribution in [1.29, 1.82) is 0 Å². The molecule has 0 bridgehead atoms. The largest absolute Gasteiger partial charge is 0.493 e. The molecule has 1 fully saturated rings. The predicted molar refractivity (Wildman–Crippen MR) is 128 cm³/mol. The summed E-state index contributed by atoms with van der Waals surface area (Å²) >= 11 is 5.97. The van der Waals surface area contributed by atoms with E-state index in [-0.39, 0.29) is 12.2 Å². The van der Waals surface area contributed by atoms with Crippen LogP contribution >= 0.6 is 11.6 Å². The van der Waals surface area contributed by atoms with Crippen molar-refractivity contribution in [2.24, 2.45) is 5.73 Å². The third-order valence-electron chi connectivity index (χ3n) is 6.13. The van der Waals surface area contributed by atoms with Crippen LogP contribution in [0.4, 0.5) is 0 Å². The first-order valence-corrected chi connectivity index (χ1v) is 11.5. The second kappa shape index (κ2) is 10.5. The Balaban J connectivity index is 1.21. The summed E-state index contributed by atoms with van der Waals surface area (Å²) in [6.07, 6.45) is 0.949. The van der Waals surface area contributed by atoms with Crippen LogP contribution in [0.5, 0.6) is 5.75 Å². The molecule has 1 aliphatic rings. The first-order valence-electron chi connectivity index (χ1n) is 11.1. The van der Waals surface area contributed by atoms with Crippen molar-refractivity contribution in [3.8, 4) is 5.75 Å². The molecule has 4 rings (SSSR count). The fraction of sp³-hybridized carbons (Fsp3) is 0.400. The van der Waals surface area contributed by atoms with Crippen LogP contribution in [0.2, 0.25) is 5.02 Å². The minimum Gasteiger partial charge on any atom is -0.493 e. The molecule has 2 N–H and O–H groups in total. The van der Waals surface area contributed by atoms with Gasteiger partial charge in [-0.3, -0.25) is 4.90 Å². The summed E-state index contributed by atoms with van der Waals surface area (Å²) in [4.78, 5) is 17.0. The SMILES string of the molecule is Cc1c(CN)c(=O)oc2cc(OCCCN3CCN(Cc4ccc(Cl)cc4)CC3)ccc12. The Hall–Kier alpha value is -2.38. The highest BCUT2D eigenvalue weighted by molar-refractivity contribution is 6.30. The number of benzene rings is 2. The molecule has 1 saturated heterocycles. The van der Waals surface area contributed by atoms with Crippen LogP contribution in [-0.4, -0.2) is 49.1 Å². The van der Waals surface area contributed by atoms with Gasteiger partial charge in [-0.2, -0.15) is 0 Å². The van der Waals surface area contributed by atoms with Crippen molar-refractivity contribution in [2.75, 3.05) is 39.3 Å². The van der Waals surface area contributed by atoms with Crippen molar-refractivity contribution in [1.82, 2.24) is 9.80 Å². The molecule has 1 aliphatic heterocycles. The minimum atomic E-state index is -0.371. The van der Waals surface area contributed by atoms with E-state index in [9.17, 15) is 4.79 Å². The summed E-state index contributed by atoms with van der Waals surface area (Å²) in [5, 5.41) is 1.68. The van der Waals surface area contributed by atoms with E-state index in [1.165, 1.54) is 5.56 Å². The number of hydrogen-bond donors (Lipinski definition) is 1. The molecular weight excluding hydrogens is 426 g/mol. The van der Waals surface area contributed by atoms with Crippen molar-refractivity contribution >= 4 is 22.6 Å². The van der Waals surface area contributed by atoms with Gasteiger partial charge in [-0.25, -0.2) is 4.79 Å². The van der Waals surface area contributed by atoms with Crippen LogP contribution in [-0.2, 0) is 13.1 Å². The normalized spacial score (nSPS) is 15.3. The fourth-order valence-corrected chi connectivity index (χ4v) is 4.32. The third-order valence-corrected chi connectivity index (χ3v) is 6.39. The van der Waals surface area contributed by atoms with E-state index in [0.29, 0.717) is 23.5 Å². The Morgan fingerprint density at radius 3 is 2.50 bits per heavy atom. The number of rotatable bonds is 8. The van der Waals surface area contributed by atoms with Gasteiger partial charge in [-0.05, 0) is 48.7 Å². The van der Waals surface area contributed by atoms with Gasteiger partial charge < -0.3 is 19.8 Å². The van der Waals surface area contributed by atoms with Crippen LogP contribution in [0, 0.1) is 6.92 Å². The summed E-state index contributed by atoms with van der Waals surface area (Å²) in [7, 11) is 0. The number of hydrogen-bond acceptors (Lipinski definition) is 6. The average Bonchev–Trinajstić information content (AvgIpc) is 2.79. The molecule has 0 atom stereocenters. The van der Waals surface area contributed by atoms with E-state index < -0.39 is 0 Å². The fourth-order valence-electron chi connectivity index (χ4n) is 4.20. The first-order chi connectivity index (χ1) is 15.5. The van der Waals surface area contributed by atoms with E-state index in [2.05, 4.69) is 21.9 Å². The Labute approximate surface area is 193 Å². The summed E-state index contributed by atoms with van der Waals surface area (Å²) in [6, 6.07) is 13.8. The lowest BCUT2D eigenvalue weighted by molar-refractivity contribution is 0.121. The first kappa shape index (κ1) is 22.8. The van der Waals surface area contributed by atoms with Crippen LogP contribution < -0.4 is 16.1 Å². The lowest BCUT2D eigenvalue weighted by Gasteiger charge is -2.34. The van der Waals surface area contributed by atoms with Gasteiger partial charge in [-0.15, -0.1) is 0 Å². The highest BCUT2D eigenvalue weighted by atomic mass is 35.5. The zero-order valence-electron chi connectivity index (χ0n) is 18.5. The lowest BCUT2D eigenvalue weighted by atomic mass is 10.1. The van der Waals surface area contributed by atoms with Gasteiger partial charge in [0.1, 0.15) is 11.3 Å². The molecule has 2 heterocycles. The number of aryl methyl sites for hydroxylation is 1. The minimum absolute atomic E-state index is 0.178. The highest BCUT2D eigenvalue weighted by Gasteiger charge is 2.17. The van der Waals surface area contributed by atoms with Crippen molar-refractivity contribution < 1.29 is 9.15 Å². The van der Waals surface area contributed by atoms with Crippen molar-refractivity contribution in [3.63, 3.8) is 0 Å². The molecule has 7 heteroatoms. The van der Waals surface area contributed by atoms with Crippen LogP contribution in [0.3, 0.4) is 0 Å². The van der Waals surface area contributed by atoms with Crippen LogP contribution in [0.25, 0.3) is 11.0 Å². The number of nitrogens with zero attached hydrogens (tertiary/aromatic N) is 2. The lowest BCUT2D eigenvalue weighted by Crippen LogP contribution is -2.46. The number of fused-ring (bicyclic) bond motifs is 1. The maximum Gasteiger partial charge on any atom is 0.341 e.